The Balaban J connectivity index is 3.03. The van der Waals surface area contributed by atoms with Gasteiger partial charge in [0, 0.05) is 3.57 Å². The molecular weight excluding hydrogens is 353 g/mol. The van der Waals surface area contributed by atoms with Crippen molar-refractivity contribution in [3.8, 4) is 0 Å². The van der Waals surface area contributed by atoms with Crippen molar-refractivity contribution in [2.24, 2.45) is 5.92 Å². The first-order chi connectivity index (χ1) is 8.90. The largest absolute Gasteiger partial charge is 0.464 e. The maximum absolute atomic E-state index is 12.3. The highest BCUT2D eigenvalue weighted by molar-refractivity contribution is 14.1. The summed E-state index contributed by atoms with van der Waals surface area (Å²) in [5.41, 5.74) is 0.150. The topological polar surface area (TPSA) is 38.3 Å². The predicted octanol–water partition coefficient (Wildman–Crippen LogP) is 3.32. The van der Waals surface area contributed by atoms with Crippen LogP contribution in [0.4, 0.5) is 0 Å². The second-order valence-corrected chi connectivity index (χ2v) is 6.37. The summed E-state index contributed by atoms with van der Waals surface area (Å²) in [6.07, 6.45) is 0. The zero-order valence-corrected chi connectivity index (χ0v) is 14.2. The molecule has 0 saturated carbocycles. The molecule has 19 heavy (non-hydrogen) atoms. The molecule has 1 atom stereocenters. The van der Waals surface area contributed by atoms with E-state index in [9.17, 15) is 4.79 Å². The van der Waals surface area contributed by atoms with E-state index in [1.54, 1.807) is 0 Å². The molecule has 0 radical (unpaired) electrons. The van der Waals surface area contributed by atoms with Gasteiger partial charge in [0.15, 0.2) is 0 Å². The van der Waals surface area contributed by atoms with Crippen molar-refractivity contribution < 1.29 is 9.53 Å². The number of carbonyl (C=O) groups excluding carboxylic acids is 1. The molecule has 0 aliphatic heterocycles. The molecule has 1 N–H and O–H groups in total. The fraction of sp³-hybridized carbons (Fsp3) is 0.533. The number of carbonyl (C=O) groups is 1. The summed E-state index contributed by atoms with van der Waals surface area (Å²) < 4.78 is 6.37. The van der Waals surface area contributed by atoms with Crippen molar-refractivity contribution >= 4 is 28.6 Å². The lowest BCUT2D eigenvalue weighted by atomic mass is 9.91. The molecule has 1 aromatic rings. The van der Waals surface area contributed by atoms with Crippen LogP contribution in [0.2, 0.25) is 0 Å². The molecule has 0 aromatic heterocycles. The molecule has 1 aromatic carbocycles. The van der Waals surface area contributed by atoms with Crippen molar-refractivity contribution in [1.82, 2.24) is 5.32 Å². The number of nitrogens with one attached hydrogen (secondary N) is 1. The minimum absolute atomic E-state index is 0.225. The van der Waals surface area contributed by atoms with Gasteiger partial charge in [-0.25, -0.2) is 4.79 Å². The third-order valence-corrected chi connectivity index (χ3v) is 3.69. The van der Waals surface area contributed by atoms with Crippen LogP contribution in [0.25, 0.3) is 0 Å². The van der Waals surface area contributed by atoms with Gasteiger partial charge >= 0.3 is 5.97 Å². The molecule has 0 bridgehead atoms. The maximum atomic E-state index is 12.3. The number of benzene rings is 1. The highest BCUT2D eigenvalue weighted by atomic mass is 127. The quantitative estimate of drug-likeness (QED) is 0.613. The van der Waals surface area contributed by atoms with Gasteiger partial charge in [0.1, 0.15) is 5.54 Å². The number of hydrogen-bond acceptors (Lipinski definition) is 3. The zero-order valence-electron chi connectivity index (χ0n) is 12.0. The lowest BCUT2D eigenvalue weighted by Gasteiger charge is -2.30. The monoisotopic (exact) mass is 375 g/mol. The van der Waals surface area contributed by atoms with Crippen LogP contribution in [0.5, 0.6) is 0 Å². The average molecular weight is 375 g/mol. The van der Waals surface area contributed by atoms with E-state index in [-0.39, 0.29) is 5.97 Å². The van der Waals surface area contributed by atoms with Gasteiger partial charge in [-0.15, -0.1) is 0 Å². The molecule has 3 nitrogen and oxygen atoms in total. The standard InChI is InChI=1S/C15H22INO2/c1-5-19-14(18)15(4,17-10-11(2)3)12-6-8-13(16)9-7-12/h6-9,11,17H,5,10H2,1-4H3. The van der Waals surface area contributed by atoms with Crippen LogP contribution in [-0.2, 0) is 15.1 Å². The normalized spacial score (nSPS) is 14.2. The second-order valence-electron chi connectivity index (χ2n) is 5.13. The van der Waals surface area contributed by atoms with Crippen molar-refractivity contribution in [1.29, 1.82) is 0 Å². The van der Waals surface area contributed by atoms with Gasteiger partial charge in [0.2, 0.25) is 0 Å². The molecule has 0 amide bonds. The summed E-state index contributed by atoms with van der Waals surface area (Å²) in [7, 11) is 0. The summed E-state index contributed by atoms with van der Waals surface area (Å²) in [6.45, 7) is 9.10. The molecule has 1 rings (SSSR count). The van der Waals surface area contributed by atoms with Crippen LogP contribution >= 0.6 is 22.6 Å². The van der Waals surface area contributed by atoms with E-state index in [0.29, 0.717) is 12.5 Å². The minimum Gasteiger partial charge on any atom is -0.464 e. The Morgan fingerprint density at radius 1 is 1.37 bits per heavy atom. The summed E-state index contributed by atoms with van der Waals surface area (Å²) in [6, 6.07) is 7.97. The van der Waals surface area contributed by atoms with Gasteiger partial charge in [0.25, 0.3) is 0 Å². The third-order valence-electron chi connectivity index (χ3n) is 2.97. The number of rotatable bonds is 6. The van der Waals surface area contributed by atoms with Crippen molar-refractivity contribution in [3.05, 3.63) is 33.4 Å². The predicted molar refractivity (Wildman–Crippen MR) is 86.0 cm³/mol. The average Bonchev–Trinajstić information content (AvgIpc) is 2.37. The van der Waals surface area contributed by atoms with Gasteiger partial charge in [-0.1, -0.05) is 26.0 Å². The van der Waals surface area contributed by atoms with Crippen molar-refractivity contribution in [3.63, 3.8) is 0 Å². The molecule has 0 fully saturated rings. The van der Waals surface area contributed by atoms with E-state index in [0.717, 1.165) is 15.7 Å². The lowest BCUT2D eigenvalue weighted by Crippen LogP contribution is -2.49. The molecule has 1 unspecified atom stereocenters. The van der Waals surface area contributed by atoms with Gasteiger partial charge in [-0.3, -0.25) is 5.32 Å². The number of hydrogen-bond donors (Lipinski definition) is 1. The smallest absolute Gasteiger partial charge is 0.330 e. The van der Waals surface area contributed by atoms with Crippen LogP contribution in [-0.4, -0.2) is 19.1 Å². The first-order valence-corrected chi connectivity index (χ1v) is 7.66. The highest BCUT2D eigenvalue weighted by Gasteiger charge is 2.36. The molecule has 0 spiro atoms. The number of ether oxygens (including phenoxy) is 1. The van der Waals surface area contributed by atoms with Crippen LogP contribution < -0.4 is 5.32 Å². The summed E-state index contributed by atoms with van der Waals surface area (Å²) in [5, 5.41) is 3.34. The Kier molecular flexibility index (Phi) is 6.26. The first kappa shape index (κ1) is 16.4. The third kappa shape index (κ3) is 4.45. The fourth-order valence-electron chi connectivity index (χ4n) is 1.76. The van der Waals surface area contributed by atoms with E-state index < -0.39 is 5.54 Å². The molecule has 4 heteroatoms. The van der Waals surface area contributed by atoms with Crippen LogP contribution in [0.15, 0.2) is 24.3 Å². The van der Waals surface area contributed by atoms with E-state index in [2.05, 4.69) is 41.8 Å². The molecule has 106 valence electrons. The Labute approximate surface area is 129 Å². The maximum Gasteiger partial charge on any atom is 0.330 e. The zero-order chi connectivity index (χ0) is 14.5. The second kappa shape index (κ2) is 7.24. The lowest BCUT2D eigenvalue weighted by molar-refractivity contribution is -0.151. The minimum atomic E-state index is -0.787. The van der Waals surface area contributed by atoms with Crippen LogP contribution in [0, 0.1) is 9.49 Å². The summed E-state index contributed by atoms with van der Waals surface area (Å²) in [4.78, 5) is 12.3. The Morgan fingerprint density at radius 3 is 2.42 bits per heavy atom. The van der Waals surface area contributed by atoms with Gasteiger partial charge in [-0.2, -0.15) is 0 Å². The van der Waals surface area contributed by atoms with E-state index in [1.807, 2.05) is 38.1 Å². The molecule has 0 heterocycles. The number of halogens is 1. The highest BCUT2D eigenvalue weighted by Crippen LogP contribution is 2.24. The van der Waals surface area contributed by atoms with Crippen molar-refractivity contribution in [2.45, 2.75) is 33.2 Å². The summed E-state index contributed by atoms with van der Waals surface area (Å²) in [5.74, 6) is 0.245. The Hall–Kier alpha value is -0.620. The van der Waals surface area contributed by atoms with Crippen molar-refractivity contribution in [2.75, 3.05) is 13.2 Å². The first-order valence-electron chi connectivity index (χ1n) is 6.58. The van der Waals surface area contributed by atoms with Gasteiger partial charge < -0.3 is 4.74 Å². The molecule has 0 aliphatic rings. The van der Waals surface area contributed by atoms with E-state index in [4.69, 9.17) is 4.74 Å². The molecular formula is C15H22INO2. The molecule has 0 aliphatic carbocycles. The Morgan fingerprint density at radius 2 is 1.95 bits per heavy atom. The summed E-state index contributed by atoms with van der Waals surface area (Å²) >= 11 is 2.25. The van der Waals surface area contributed by atoms with E-state index in [1.165, 1.54) is 0 Å². The van der Waals surface area contributed by atoms with Gasteiger partial charge in [-0.05, 0) is 66.6 Å². The fourth-order valence-corrected chi connectivity index (χ4v) is 2.12. The van der Waals surface area contributed by atoms with Gasteiger partial charge in [0.05, 0.1) is 6.61 Å². The van der Waals surface area contributed by atoms with Crippen LogP contribution in [0.1, 0.15) is 33.3 Å². The SMILES string of the molecule is CCOC(=O)C(C)(NCC(C)C)c1ccc(I)cc1. The Bertz CT molecular complexity index is 417. The van der Waals surface area contributed by atoms with Crippen LogP contribution in [0.3, 0.4) is 0 Å². The van der Waals surface area contributed by atoms with E-state index >= 15 is 0 Å². The number of esters is 1. The molecule has 0 saturated heterocycles.